The second-order valence-corrected chi connectivity index (χ2v) is 15.9. The Balaban J connectivity index is 1.94. The average molecular weight is 407 g/mol. The number of rotatable bonds is 5. The van der Waals surface area contributed by atoms with E-state index in [0.717, 1.165) is 17.4 Å². The highest BCUT2D eigenvalue weighted by atomic mass is 28.3. The van der Waals surface area contributed by atoms with E-state index in [-0.39, 0.29) is 12.0 Å². The van der Waals surface area contributed by atoms with Crippen LogP contribution in [0.4, 0.5) is 0 Å². The fraction of sp³-hybridized carbons (Fsp3) is 0.640. The van der Waals surface area contributed by atoms with Gasteiger partial charge in [-0.2, -0.15) is 0 Å². The molecular formula is C25H38BNOSi. The van der Waals surface area contributed by atoms with Gasteiger partial charge in [-0.15, -0.1) is 6.42 Å². The molecule has 2 bridgehead atoms. The Morgan fingerprint density at radius 3 is 2.24 bits per heavy atom. The number of benzene rings is 1. The summed E-state index contributed by atoms with van der Waals surface area (Å²) in [6, 6.07) is 9.93. The molecule has 0 saturated carbocycles. The zero-order chi connectivity index (χ0) is 21.0. The molecule has 0 N–H and O–H groups in total. The first-order valence-corrected chi connectivity index (χ1v) is 15.1. The second-order valence-electron chi connectivity index (χ2n) is 10.5. The molecule has 4 heteroatoms. The van der Waals surface area contributed by atoms with Crippen molar-refractivity contribution >= 4 is 20.9 Å². The topological polar surface area (TPSA) is 21.6 Å². The molecule has 0 amide bonds. The van der Waals surface area contributed by atoms with E-state index in [9.17, 15) is 0 Å². The lowest BCUT2D eigenvalue weighted by molar-refractivity contribution is 0.410. The normalized spacial score (nSPS) is 26.6. The van der Waals surface area contributed by atoms with Crippen molar-refractivity contribution in [3.8, 4) is 12.3 Å². The highest BCUT2D eigenvalue weighted by Gasteiger charge is 2.50. The highest BCUT2D eigenvalue weighted by molar-refractivity contribution is 6.89. The van der Waals surface area contributed by atoms with E-state index in [4.69, 9.17) is 16.1 Å². The number of aliphatic imine (C=N–C) groups is 1. The van der Waals surface area contributed by atoms with E-state index >= 15 is 0 Å². The summed E-state index contributed by atoms with van der Waals surface area (Å²) in [6.45, 7) is 12.3. The zero-order valence-corrected chi connectivity index (χ0v) is 20.0. The van der Waals surface area contributed by atoms with Crippen LogP contribution in [0.25, 0.3) is 0 Å². The summed E-state index contributed by atoms with van der Waals surface area (Å²) in [6.07, 6.45) is 14.0. The van der Waals surface area contributed by atoms with Crippen LogP contribution >= 0.6 is 0 Å². The number of nitrogens with zero attached hydrogens (tertiary/aromatic N) is 1. The van der Waals surface area contributed by atoms with Crippen LogP contribution in [0.3, 0.4) is 0 Å². The summed E-state index contributed by atoms with van der Waals surface area (Å²) in [4.78, 5) is 4.99. The molecule has 0 aromatic heterocycles. The van der Waals surface area contributed by atoms with Crippen molar-refractivity contribution in [2.75, 3.05) is 0 Å². The second kappa shape index (κ2) is 9.56. The van der Waals surface area contributed by atoms with Crippen molar-refractivity contribution in [1.29, 1.82) is 0 Å². The van der Waals surface area contributed by atoms with Gasteiger partial charge in [0.1, 0.15) is 6.04 Å². The fourth-order valence-corrected chi connectivity index (χ4v) is 8.69. The van der Waals surface area contributed by atoms with Crippen molar-refractivity contribution in [3.63, 3.8) is 0 Å². The van der Waals surface area contributed by atoms with Crippen molar-refractivity contribution in [1.82, 2.24) is 0 Å². The van der Waals surface area contributed by atoms with E-state index in [1.165, 1.54) is 38.5 Å². The maximum Gasteiger partial charge on any atom is 0.363 e. The molecule has 2 fully saturated rings. The van der Waals surface area contributed by atoms with E-state index < -0.39 is 8.07 Å². The van der Waals surface area contributed by atoms with Gasteiger partial charge in [-0.05, 0) is 22.7 Å². The SMILES string of the molecule is C#C[C@H](N=C(OB1C2CCCC(CCC2)C1[Si](C)(C)C)C(C)C)c1ccccc1. The van der Waals surface area contributed by atoms with E-state index in [0.29, 0.717) is 18.2 Å². The molecule has 2 heterocycles. The third kappa shape index (κ3) is 5.37. The van der Waals surface area contributed by atoms with E-state index in [1.54, 1.807) is 0 Å². The minimum absolute atomic E-state index is 0.236. The Bertz CT molecular complexity index is 723. The van der Waals surface area contributed by atoms with Crippen LogP contribution in [0, 0.1) is 24.2 Å². The van der Waals surface area contributed by atoms with E-state index in [1.807, 2.05) is 18.2 Å². The maximum absolute atomic E-state index is 6.93. The van der Waals surface area contributed by atoms with Crippen LogP contribution in [0.2, 0.25) is 30.9 Å². The zero-order valence-electron chi connectivity index (χ0n) is 19.0. The van der Waals surface area contributed by atoms with Crippen LogP contribution in [0.5, 0.6) is 0 Å². The molecule has 2 saturated heterocycles. The summed E-state index contributed by atoms with van der Waals surface area (Å²) < 4.78 is 6.93. The van der Waals surface area contributed by atoms with Gasteiger partial charge in [0, 0.05) is 14.0 Å². The predicted octanol–water partition coefficient (Wildman–Crippen LogP) is 7.03. The van der Waals surface area contributed by atoms with E-state index in [2.05, 4.69) is 51.5 Å². The predicted molar refractivity (Wildman–Crippen MR) is 129 cm³/mol. The summed E-state index contributed by atoms with van der Waals surface area (Å²) in [5.41, 5.74) is 1.78. The van der Waals surface area contributed by atoms with Gasteiger partial charge < -0.3 is 4.65 Å². The van der Waals surface area contributed by atoms with Crippen LogP contribution in [-0.2, 0) is 4.65 Å². The monoisotopic (exact) mass is 407 g/mol. The number of hydrogen-bond donors (Lipinski definition) is 0. The molecule has 29 heavy (non-hydrogen) atoms. The molecule has 2 nitrogen and oxygen atoms in total. The minimum Gasteiger partial charge on any atom is -0.551 e. The Kier molecular flexibility index (Phi) is 7.33. The molecule has 0 aliphatic carbocycles. The average Bonchev–Trinajstić information content (AvgIpc) is 2.93. The van der Waals surface area contributed by atoms with Crippen molar-refractivity contribution in [3.05, 3.63) is 35.9 Å². The van der Waals surface area contributed by atoms with Gasteiger partial charge in [0.15, 0.2) is 5.90 Å². The van der Waals surface area contributed by atoms with Gasteiger partial charge in [-0.3, -0.25) is 0 Å². The highest BCUT2D eigenvalue weighted by Crippen LogP contribution is 2.50. The third-order valence-electron chi connectivity index (χ3n) is 6.91. The smallest absolute Gasteiger partial charge is 0.363 e. The summed E-state index contributed by atoms with van der Waals surface area (Å²) in [7, 11) is -1.37. The molecule has 2 aliphatic heterocycles. The summed E-state index contributed by atoms with van der Waals surface area (Å²) in [5.74, 6) is 5.47. The standard InChI is InChI=1S/C25H38BNOSi/c1-7-23(20-13-9-8-10-14-20)27-25(19(2)3)28-26-22-17-11-15-21(16-12-18-22)24(26)29(4,5)6/h1,8-10,13-14,19,21-24H,11-12,15-18H2,2-6H3/t21?,22?,23-,24?/m0/s1. The third-order valence-corrected chi connectivity index (χ3v) is 9.71. The molecule has 0 spiro atoms. The number of fused-ring (bicyclic) bond motifs is 3. The lowest BCUT2D eigenvalue weighted by Gasteiger charge is -2.38. The van der Waals surface area contributed by atoms with Gasteiger partial charge in [-0.1, -0.05) is 108 Å². The van der Waals surface area contributed by atoms with Crippen LogP contribution in [-0.4, -0.2) is 20.9 Å². The molecule has 2 atom stereocenters. The van der Waals surface area contributed by atoms with Crippen LogP contribution in [0.15, 0.2) is 35.3 Å². The lowest BCUT2D eigenvalue weighted by atomic mass is 9.50. The molecule has 1 aromatic carbocycles. The quantitative estimate of drug-likeness (QED) is 0.222. The van der Waals surface area contributed by atoms with Gasteiger partial charge in [0.25, 0.3) is 0 Å². The lowest BCUT2D eigenvalue weighted by Crippen LogP contribution is -2.46. The largest absolute Gasteiger partial charge is 0.551 e. The van der Waals surface area contributed by atoms with Gasteiger partial charge in [0.2, 0.25) is 0 Å². The molecular weight excluding hydrogens is 369 g/mol. The molecule has 0 radical (unpaired) electrons. The van der Waals surface area contributed by atoms with Gasteiger partial charge in [-0.25, -0.2) is 4.99 Å². The first kappa shape index (κ1) is 22.2. The molecule has 1 aromatic rings. The first-order valence-electron chi connectivity index (χ1n) is 11.6. The minimum atomic E-state index is -1.37. The summed E-state index contributed by atoms with van der Waals surface area (Å²) in [5, 5.41) is 0. The molecule has 156 valence electrons. The fourth-order valence-electron chi connectivity index (χ4n) is 5.62. The maximum atomic E-state index is 6.93. The van der Waals surface area contributed by atoms with Crippen molar-refractivity contribution in [2.24, 2.45) is 16.8 Å². The molecule has 3 rings (SSSR count). The number of terminal acetylenes is 1. The Labute approximate surface area is 180 Å². The Morgan fingerprint density at radius 1 is 1.10 bits per heavy atom. The van der Waals surface area contributed by atoms with Crippen molar-refractivity contribution in [2.45, 2.75) is 89.3 Å². The number of hydrogen-bond acceptors (Lipinski definition) is 2. The first-order chi connectivity index (χ1) is 13.8. The molecule has 1 unspecified atom stereocenters. The Morgan fingerprint density at radius 2 is 1.72 bits per heavy atom. The van der Waals surface area contributed by atoms with Crippen LogP contribution < -0.4 is 0 Å². The van der Waals surface area contributed by atoms with Crippen molar-refractivity contribution < 1.29 is 4.65 Å². The van der Waals surface area contributed by atoms with Crippen LogP contribution in [0.1, 0.15) is 64.0 Å². The summed E-state index contributed by atoms with van der Waals surface area (Å²) >= 11 is 0. The van der Waals surface area contributed by atoms with Gasteiger partial charge in [0.05, 0.1) is 0 Å². The Hall–Kier alpha value is -1.47. The molecule has 2 aliphatic rings. The van der Waals surface area contributed by atoms with Gasteiger partial charge >= 0.3 is 6.92 Å².